The van der Waals surface area contributed by atoms with Crippen molar-refractivity contribution in [3.63, 3.8) is 0 Å². The second-order valence-corrected chi connectivity index (χ2v) is 7.95. The average molecular weight is 464 g/mol. The molecule has 2 N–H and O–H groups in total. The van der Waals surface area contributed by atoms with Gasteiger partial charge in [0.25, 0.3) is 5.91 Å². The number of ether oxygens (including phenoxy) is 1. The molecule has 1 unspecified atom stereocenters. The molecule has 1 aliphatic rings. The van der Waals surface area contributed by atoms with E-state index in [1.807, 2.05) is 48.5 Å². The van der Waals surface area contributed by atoms with Crippen molar-refractivity contribution in [1.82, 2.24) is 4.90 Å². The highest BCUT2D eigenvalue weighted by atomic mass is 35.5. The molecule has 0 spiro atoms. The molecular formula is C25H22ClN3O4. The van der Waals surface area contributed by atoms with Crippen LogP contribution >= 0.6 is 11.6 Å². The number of benzene rings is 3. The summed E-state index contributed by atoms with van der Waals surface area (Å²) >= 11 is 5.84. The predicted molar refractivity (Wildman–Crippen MR) is 127 cm³/mol. The number of aliphatic imine (C=N–C) groups is 1. The van der Waals surface area contributed by atoms with E-state index >= 15 is 0 Å². The molecule has 3 aromatic carbocycles. The van der Waals surface area contributed by atoms with E-state index in [0.29, 0.717) is 10.7 Å². The van der Waals surface area contributed by atoms with Gasteiger partial charge in [-0.15, -0.1) is 0 Å². The normalized spacial score (nSPS) is 15.4. The van der Waals surface area contributed by atoms with Crippen LogP contribution in [0.2, 0.25) is 5.02 Å². The minimum Gasteiger partial charge on any atom is -0.497 e. The van der Waals surface area contributed by atoms with Crippen LogP contribution in [0.1, 0.15) is 5.56 Å². The number of carbonyl (C=O) groups excluding carboxylic acids is 2. The molecule has 1 heterocycles. The Morgan fingerprint density at radius 3 is 2.52 bits per heavy atom. The zero-order valence-electron chi connectivity index (χ0n) is 17.9. The lowest BCUT2D eigenvalue weighted by Gasteiger charge is -2.18. The van der Waals surface area contributed by atoms with Gasteiger partial charge in [0.15, 0.2) is 0 Å². The standard InChI is InChI=1S/C25H22ClN3O4/c1-33-21-11-5-17(6-12-21)18-4-2-3-16(13-18)14-22-24(31)29(25(32)28-22)15-23(30)27-20-9-7-19(26)8-10-20/h2-13,25,32H,14-15H2,1H3,(H,27,30). The van der Waals surface area contributed by atoms with Crippen molar-refractivity contribution < 1.29 is 19.4 Å². The number of hydrogen-bond donors (Lipinski definition) is 2. The highest BCUT2D eigenvalue weighted by molar-refractivity contribution is 6.40. The van der Waals surface area contributed by atoms with Gasteiger partial charge in [0, 0.05) is 17.1 Å². The van der Waals surface area contributed by atoms with Crippen molar-refractivity contribution in [3.8, 4) is 16.9 Å². The van der Waals surface area contributed by atoms with Crippen LogP contribution in [0.5, 0.6) is 5.75 Å². The first-order chi connectivity index (χ1) is 15.9. The maximum atomic E-state index is 12.8. The van der Waals surface area contributed by atoms with Gasteiger partial charge in [-0.1, -0.05) is 48.0 Å². The molecule has 0 saturated heterocycles. The van der Waals surface area contributed by atoms with E-state index in [1.165, 1.54) is 0 Å². The molecule has 33 heavy (non-hydrogen) atoms. The summed E-state index contributed by atoms with van der Waals surface area (Å²) < 4.78 is 5.20. The lowest BCUT2D eigenvalue weighted by Crippen LogP contribution is -2.41. The van der Waals surface area contributed by atoms with Crippen LogP contribution in [0.4, 0.5) is 5.69 Å². The topological polar surface area (TPSA) is 91.2 Å². The summed E-state index contributed by atoms with van der Waals surface area (Å²) in [5.74, 6) is -0.138. The van der Waals surface area contributed by atoms with E-state index in [-0.39, 0.29) is 18.7 Å². The van der Waals surface area contributed by atoms with Gasteiger partial charge < -0.3 is 15.2 Å². The summed E-state index contributed by atoms with van der Waals surface area (Å²) in [7, 11) is 1.62. The van der Waals surface area contributed by atoms with Crippen molar-refractivity contribution in [3.05, 3.63) is 83.4 Å². The van der Waals surface area contributed by atoms with Gasteiger partial charge in [-0.25, -0.2) is 4.99 Å². The van der Waals surface area contributed by atoms with Gasteiger partial charge in [0.1, 0.15) is 18.0 Å². The zero-order chi connectivity index (χ0) is 23.4. The van der Waals surface area contributed by atoms with E-state index in [1.54, 1.807) is 31.4 Å². The maximum Gasteiger partial charge on any atom is 0.272 e. The van der Waals surface area contributed by atoms with E-state index < -0.39 is 18.2 Å². The fraction of sp³-hybridized carbons (Fsp3) is 0.160. The predicted octanol–water partition coefficient (Wildman–Crippen LogP) is 3.76. The molecule has 0 saturated carbocycles. The Labute approximate surface area is 196 Å². The summed E-state index contributed by atoms with van der Waals surface area (Å²) in [4.78, 5) is 30.3. The third-order valence-electron chi connectivity index (χ3n) is 5.22. The van der Waals surface area contributed by atoms with E-state index in [9.17, 15) is 14.7 Å². The van der Waals surface area contributed by atoms with Crippen LogP contribution in [0, 0.1) is 0 Å². The first-order valence-electron chi connectivity index (χ1n) is 10.3. The minimum atomic E-state index is -1.40. The van der Waals surface area contributed by atoms with Crippen molar-refractivity contribution in [2.24, 2.45) is 4.99 Å². The fourth-order valence-corrected chi connectivity index (χ4v) is 3.66. The van der Waals surface area contributed by atoms with Crippen LogP contribution < -0.4 is 10.1 Å². The first kappa shape index (κ1) is 22.5. The van der Waals surface area contributed by atoms with E-state index in [4.69, 9.17) is 16.3 Å². The van der Waals surface area contributed by atoms with Crippen LogP contribution in [-0.2, 0) is 16.0 Å². The van der Waals surface area contributed by atoms with Crippen molar-refractivity contribution in [1.29, 1.82) is 0 Å². The van der Waals surface area contributed by atoms with Crippen LogP contribution in [0.25, 0.3) is 11.1 Å². The van der Waals surface area contributed by atoms with E-state index in [0.717, 1.165) is 27.3 Å². The Kier molecular flexibility index (Phi) is 6.72. The highest BCUT2D eigenvalue weighted by Crippen LogP contribution is 2.24. The smallest absolute Gasteiger partial charge is 0.272 e. The van der Waals surface area contributed by atoms with Crippen molar-refractivity contribution in [2.75, 3.05) is 19.0 Å². The molecular weight excluding hydrogens is 442 g/mol. The van der Waals surface area contributed by atoms with Crippen molar-refractivity contribution in [2.45, 2.75) is 12.8 Å². The zero-order valence-corrected chi connectivity index (χ0v) is 18.6. The largest absolute Gasteiger partial charge is 0.497 e. The maximum absolute atomic E-state index is 12.8. The Hall–Kier alpha value is -3.68. The molecule has 1 aliphatic heterocycles. The van der Waals surface area contributed by atoms with Crippen LogP contribution in [-0.4, -0.2) is 47.5 Å². The summed E-state index contributed by atoms with van der Waals surface area (Å²) in [5, 5.41) is 13.5. The highest BCUT2D eigenvalue weighted by Gasteiger charge is 2.34. The number of halogens is 1. The molecule has 2 amide bonds. The Bertz CT molecular complexity index is 1190. The third-order valence-corrected chi connectivity index (χ3v) is 5.47. The molecule has 1 atom stereocenters. The molecule has 8 heteroatoms. The lowest BCUT2D eigenvalue weighted by atomic mass is 10.00. The Morgan fingerprint density at radius 2 is 1.82 bits per heavy atom. The van der Waals surface area contributed by atoms with Crippen molar-refractivity contribution >= 4 is 34.8 Å². The first-order valence-corrected chi connectivity index (χ1v) is 10.7. The number of amides is 2. The molecule has 0 radical (unpaired) electrons. The molecule has 0 fully saturated rings. The molecule has 7 nitrogen and oxygen atoms in total. The van der Waals surface area contributed by atoms with Gasteiger partial charge in [0.2, 0.25) is 12.3 Å². The Morgan fingerprint density at radius 1 is 1.09 bits per heavy atom. The Balaban J connectivity index is 1.41. The molecule has 0 bridgehead atoms. The second kappa shape index (κ2) is 9.85. The second-order valence-electron chi connectivity index (χ2n) is 7.52. The number of nitrogens with one attached hydrogen (secondary N) is 1. The van der Waals surface area contributed by atoms with Gasteiger partial charge >= 0.3 is 0 Å². The molecule has 168 valence electrons. The van der Waals surface area contributed by atoms with Gasteiger partial charge in [-0.3, -0.25) is 14.5 Å². The monoisotopic (exact) mass is 463 g/mol. The number of aliphatic hydroxyl groups excluding tert-OH is 1. The van der Waals surface area contributed by atoms with Gasteiger partial charge in [0.05, 0.1) is 7.11 Å². The number of rotatable bonds is 7. The van der Waals surface area contributed by atoms with Gasteiger partial charge in [-0.2, -0.15) is 0 Å². The summed E-state index contributed by atoms with van der Waals surface area (Å²) in [5.41, 5.74) is 3.62. The fourth-order valence-electron chi connectivity index (χ4n) is 3.54. The van der Waals surface area contributed by atoms with Crippen LogP contribution in [0.15, 0.2) is 77.8 Å². The summed E-state index contributed by atoms with van der Waals surface area (Å²) in [6.45, 7) is -0.318. The van der Waals surface area contributed by atoms with E-state index in [2.05, 4.69) is 10.3 Å². The summed E-state index contributed by atoms with van der Waals surface area (Å²) in [6, 6.07) is 22.0. The van der Waals surface area contributed by atoms with Crippen LogP contribution in [0.3, 0.4) is 0 Å². The molecule has 4 rings (SSSR count). The average Bonchev–Trinajstić information content (AvgIpc) is 3.08. The number of hydrogen-bond acceptors (Lipinski definition) is 5. The number of methoxy groups -OCH3 is 1. The molecule has 0 aromatic heterocycles. The summed E-state index contributed by atoms with van der Waals surface area (Å²) in [6.07, 6.45) is -1.15. The number of aliphatic hydroxyl groups is 1. The molecule has 0 aliphatic carbocycles. The number of anilines is 1. The minimum absolute atomic E-state index is 0.202. The SMILES string of the molecule is COc1ccc(-c2cccc(CC3=NC(O)N(CC(=O)Nc4ccc(Cl)cc4)C3=O)c2)cc1. The third kappa shape index (κ3) is 5.39. The lowest BCUT2D eigenvalue weighted by molar-refractivity contribution is -0.135. The molecule has 3 aromatic rings. The number of nitrogens with zero attached hydrogens (tertiary/aromatic N) is 2. The number of carbonyl (C=O) groups is 2. The quantitative estimate of drug-likeness (QED) is 0.558. The van der Waals surface area contributed by atoms with Gasteiger partial charge in [-0.05, 0) is 53.1 Å².